The van der Waals surface area contributed by atoms with Crippen LogP contribution in [-0.2, 0) is 20.1 Å². The molecule has 0 aliphatic heterocycles. The van der Waals surface area contributed by atoms with E-state index in [0.29, 0.717) is 0 Å². The zero-order valence-electron chi connectivity index (χ0n) is 5.03. The smallest absolute Gasteiger partial charge is 0.0790 e. The van der Waals surface area contributed by atoms with Crippen LogP contribution in [0.25, 0.3) is 0 Å². The molecule has 1 radical (unpaired) electrons. The summed E-state index contributed by atoms with van der Waals surface area (Å²) < 4.78 is 1.44. The summed E-state index contributed by atoms with van der Waals surface area (Å²) in [6.07, 6.45) is 1.66. The Bertz CT molecular complexity index is 135. The summed E-state index contributed by atoms with van der Waals surface area (Å²) in [5, 5.41) is 0.216. The molecule has 1 unspecified atom stereocenters. The fourth-order valence-corrected chi connectivity index (χ4v) is 3.16. The van der Waals surface area contributed by atoms with Crippen LogP contribution in [0.5, 0.6) is 0 Å². The van der Waals surface area contributed by atoms with Crippen molar-refractivity contribution in [1.82, 2.24) is 7.88 Å². The van der Waals surface area contributed by atoms with Crippen molar-refractivity contribution < 1.29 is 20.1 Å². The molecule has 0 spiro atoms. The van der Waals surface area contributed by atoms with Crippen molar-refractivity contribution in [3.05, 3.63) is 0 Å². The van der Waals surface area contributed by atoms with Crippen LogP contribution in [0.2, 0.25) is 0 Å². The monoisotopic (exact) mass is 455 g/mol. The average molecular weight is 457 g/mol. The molecule has 2 nitrogen and oxygen atoms in total. The van der Waals surface area contributed by atoms with Crippen LogP contribution < -0.4 is 0 Å². The zero-order valence-corrected chi connectivity index (χ0v) is 12.0. The summed E-state index contributed by atoms with van der Waals surface area (Å²) in [4.78, 5) is 0. The molecule has 9 heteroatoms. The molecule has 0 aliphatic rings. The van der Waals surface area contributed by atoms with Crippen molar-refractivity contribution in [1.29, 1.82) is 0 Å². The molecule has 0 fully saturated rings. The average Bonchev–Trinajstić information content (AvgIpc) is 1.59. The molecular formula is C2H3Cl5IrN2S. The molecule has 0 heterocycles. The molecular weight excluding hydrogens is 454 g/mol. The van der Waals surface area contributed by atoms with E-state index < -0.39 is 9.70 Å². The molecule has 0 aromatic carbocycles. The van der Waals surface area contributed by atoms with Gasteiger partial charge < -0.3 is 0 Å². The van der Waals surface area contributed by atoms with Crippen molar-refractivity contribution in [3.8, 4) is 0 Å². The molecule has 0 N–H and O–H groups in total. The largest absolute Gasteiger partial charge is 0.163 e. The maximum atomic E-state index is 5.60. The summed E-state index contributed by atoms with van der Waals surface area (Å²) >= 11 is 21.2. The van der Waals surface area contributed by atoms with E-state index in [-0.39, 0.29) is 25.2 Å². The van der Waals surface area contributed by atoms with Gasteiger partial charge >= 0.3 is 0 Å². The number of nitrogens with zero attached hydrogens (tertiary/aromatic N) is 2. The van der Waals surface area contributed by atoms with E-state index >= 15 is 0 Å². The first-order valence-corrected chi connectivity index (χ1v) is 5.70. The molecule has 0 aliphatic carbocycles. The molecule has 0 bridgehead atoms. The van der Waals surface area contributed by atoms with Gasteiger partial charge in [0.1, 0.15) is 0 Å². The van der Waals surface area contributed by atoms with Crippen LogP contribution >= 0.6 is 67.5 Å². The Labute approximate surface area is 106 Å². The fraction of sp³-hybridized carbons (Fsp3) is 0.500. The van der Waals surface area contributed by atoms with Crippen LogP contribution in [0, 0.1) is 0 Å². The Morgan fingerprint density at radius 2 is 1.36 bits per heavy atom. The van der Waals surface area contributed by atoms with Gasteiger partial charge in [0, 0.05) is 67.2 Å². The normalized spacial score (nSPS) is 13.1. The van der Waals surface area contributed by atoms with E-state index in [1.165, 1.54) is 0 Å². The third-order valence-electron chi connectivity index (χ3n) is 0.541. The van der Waals surface area contributed by atoms with E-state index in [4.69, 9.17) is 57.8 Å². The predicted octanol–water partition coefficient (Wildman–Crippen LogP) is 3.34. The van der Waals surface area contributed by atoms with Crippen LogP contribution in [0.15, 0.2) is 0 Å². The minimum Gasteiger partial charge on any atom is -0.0790 e. The van der Waals surface area contributed by atoms with Gasteiger partial charge in [-0.25, -0.2) is 0 Å². The van der Waals surface area contributed by atoms with Gasteiger partial charge in [-0.05, 0) is 16.9 Å². The molecule has 0 aromatic heterocycles. The van der Waals surface area contributed by atoms with Gasteiger partial charge in [0.2, 0.25) is 0 Å². The van der Waals surface area contributed by atoms with Crippen molar-refractivity contribution in [3.63, 3.8) is 0 Å². The van der Waals surface area contributed by atoms with Gasteiger partial charge in [-0.1, -0.05) is 17.6 Å². The molecule has 0 aromatic rings. The second-order valence-electron chi connectivity index (χ2n) is 1.18. The van der Waals surface area contributed by atoms with Crippen molar-refractivity contribution in [2.75, 3.05) is 6.26 Å². The first-order valence-electron chi connectivity index (χ1n) is 1.89. The Balaban J connectivity index is 0. The Morgan fingerprint density at radius 1 is 1.09 bits per heavy atom. The first-order chi connectivity index (χ1) is 4.46. The number of hydrogen-bond donors (Lipinski definition) is 0. The van der Waals surface area contributed by atoms with Gasteiger partial charge in [0.05, 0.1) is 0 Å². The van der Waals surface area contributed by atoms with E-state index in [0.717, 1.165) is 7.88 Å². The van der Waals surface area contributed by atoms with Gasteiger partial charge in [-0.3, -0.25) is 0 Å². The first kappa shape index (κ1) is 15.7. The van der Waals surface area contributed by atoms with Gasteiger partial charge in [0.25, 0.3) is 0 Å². The predicted molar refractivity (Wildman–Crippen MR) is 51.5 cm³/mol. The molecule has 71 valence electrons. The summed E-state index contributed by atoms with van der Waals surface area (Å²) in [5.41, 5.74) is 0. The maximum Gasteiger partial charge on any atom is 0.163 e. The van der Waals surface area contributed by atoms with Crippen LogP contribution in [0.1, 0.15) is 0 Å². The fourth-order valence-electron chi connectivity index (χ4n) is 0.247. The number of halogens is 5. The van der Waals surface area contributed by atoms with Gasteiger partial charge in [-0.2, -0.15) is 0 Å². The summed E-state index contributed by atoms with van der Waals surface area (Å²) in [7, 11) is 4.90. The van der Waals surface area contributed by atoms with Gasteiger partial charge in [-0.15, -0.1) is 0 Å². The van der Waals surface area contributed by atoms with Crippen molar-refractivity contribution in [2.24, 2.45) is 0 Å². The third-order valence-corrected chi connectivity index (χ3v) is 2.86. The minimum atomic E-state index is -0.701. The molecule has 11 heavy (non-hydrogen) atoms. The standard InChI is InChI=1S/C2H3Cl5N2S.Ir/c1-10(7)2(8(3)4)9(5)6;/h1H3;. The maximum absolute atomic E-state index is 5.60. The van der Waals surface area contributed by atoms with Crippen LogP contribution in [-0.4, -0.2) is 19.2 Å². The minimum absolute atomic E-state index is 0. The molecule has 0 saturated heterocycles. The van der Waals surface area contributed by atoms with Gasteiger partial charge in [0.15, 0.2) is 5.11 Å². The Hall–Kier alpha value is 2.24. The molecule has 1 atom stereocenters. The van der Waals surface area contributed by atoms with E-state index in [1.54, 1.807) is 6.26 Å². The topological polar surface area (TPSA) is 6.48 Å². The third kappa shape index (κ3) is 6.33. The van der Waals surface area contributed by atoms with E-state index in [2.05, 4.69) is 0 Å². The quantitative estimate of drug-likeness (QED) is 0.408. The SMILES string of the molecule is CS(Cl)=C(N(Cl)Cl)N(Cl)Cl.[Ir]. The molecule has 0 rings (SSSR count). The van der Waals surface area contributed by atoms with Crippen molar-refractivity contribution in [2.45, 2.75) is 0 Å². The van der Waals surface area contributed by atoms with E-state index in [9.17, 15) is 0 Å². The Kier molecular flexibility index (Phi) is 10.9. The van der Waals surface area contributed by atoms with E-state index in [1.807, 2.05) is 0 Å². The van der Waals surface area contributed by atoms with Crippen molar-refractivity contribution >= 4 is 72.6 Å². The number of hydrogen-bond acceptors (Lipinski definition) is 0. The summed E-state index contributed by atoms with van der Waals surface area (Å²) in [6.45, 7) is 0. The number of rotatable bonds is 0. The molecule has 0 saturated carbocycles. The zero-order chi connectivity index (χ0) is 8.31. The van der Waals surface area contributed by atoms with Crippen LogP contribution in [0.3, 0.4) is 0 Å². The molecule has 0 amide bonds. The van der Waals surface area contributed by atoms with Crippen LogP contribution in [0.4, 0.5) is 0 Å². The summed E-state index contributed by atoms with van der Waals surface area (Å²) in [5.74, 6) is 0. The second kappa shape index (κ2) is 7.63. The Morgan fingerprint density at radius 3 is 1.36 bits per heavy atom. The second-order valence-corrected chi connectivity index (χ2v) is 5.51. The summed E-state index contributed by atoms with van der Waals surface area (Å²) in [6, 6.07) is 0.